The molecule has 3 aromatic rings. The van der Waals surface area contributed by atoms with Gasteiger partial charge in [0.15, 0.2) is 5.65 Å². The number of nitrogens with one attached hydrogen (secondary N) is 1. The van der Waals surface area contributed by atoms with Gasteiger partial charge in [-0.1, -0.05) is 18.2 Å². The van der Waals surface area contributed by atoms with Crippen molar-refractivity contribution in [1.29, 1.82) is 0 Å². The smallest absolute Gasteiger partial charge is 0.180 e. The molecule has 0 unspecified atom stereocenters. The van der Waals surface area contributed by atoms with Crippen molar-refractivity contribution in [2.24, 2.45) is 0 Å². The molecular weight excluding hydrogens is 212 g/mol. The first kappa shape index (κ1) is 8.64. The van der Waals surface area contributed by atoms with E-state index in [1.54, 1.807) is 0 Å². The highest BCUT2D eigenvalue weighted by atomic mass is 15.0. The van der Waals surface area contributed by atoms with Gasteiger partial charge in [-0.15, -0.1) is 0 Å². The topological polar surface area (TPSA) is 50.7 Å². The Bertz CT molecular complexity index is 685. The molecule has 0 atom stereocenters. The molecule has 0 aliphatic carbocycles. The number of hydrogen-bond donors (Lipinski definition) is 1. The van der Waals surface area contributed by atoms with Crippen LogP contribution in [0.5, 0.6) is 0 Å². The molecule has 0 saturated heterocycles. The Morgan fingerprint density at radius 2 is 1.88 bits per heavy atom. The van der Waals surface area contributed by atoms with Gasteiger partial charge in [0.2, 0.25) is 0 Å². The highest BCUT2D eigenvalue weighted by Gasteiger charge is 1.99. The second-order valence-electron chi connectivity index (χ2n) is 3.53. The molecule has 82 valence electrons. The Morgan fingerprint density at radius 3 is 2.76 bits per heavy atom. The molecule has 1 N–H and O–H groups in total. The van der Waals surface area contributed by atoms with E-state index in [2.05, 4.69) is 20.3 Å². The fourth-order valence-electron chi connectivity index (χ4n) is 1.55. The van der Waals surface area contributed by atoms with E-state index >= 15 is 0 Å². The Kier molecular flexibility index (Phi) is 2.12. The molecular formula is C13H10N4. The quantitative estimate of drug-likeness (QED) is 0.725. The summed E-state index contributed by atoms with van der Waals surface area (Å²) in [4.78, 5) is 12.4. The van der Waals surface area contributed by atoms with Gasteiger partial charge in [-0.2, -0.15) is 0 Å². The zero-order valence-electron chi connectivity index (χ0n) is 9.96. The molecule has 2 aromatic heterocycles. The monoisotopic (exact) mass is 223 g/mol. The van der Waals surface area contributed by atoms with Crippen LogP contribution >= 0.6 is 0 Å². The number of rotatable bonds is 2. The number of hydrogen-bond acceptors (Lipinski definition) is 4. The molecule has 0 fully saturated rings. The average Bonchev–Trinajstić information content (AvgIpc) is 2.39. The van der Waals surface area contributed by atoms with Crippen molar-refractivity contribution in [2.45, 2.75) is 0 Å². The van der Waals surface area contributed by atoms with Crippen LogP contribution in [0.15, 0.2) is 54.8 Å². The van der Waals surface area contributed by atoms with Crippen LogP contribution in [-0.2, 0) is 0 Å². The van der Waals surface area contributed by atoms with Gasteiger partial charge in [-0.3, -0.25) is 4.98 Å². The first-order valence-electron chi connectivity index (χ1n) is 5.74. The van der Waals surface area contributed by atoms with Gasteiger partial charge in [0, 0.05) is 18.1 Å². The summed E-state index contributed by atoms with van der Waals surface area (Å²) in [6.07, 6.45) is 1.53. The van der Waals surface area contributed by atoms with Crippen molar-refractivity contribution in [3.8, 4) is 0 Å². The highest BCUT2D eigenvalue weighted by Crippen LogP contribution is 2.15. The number of fused-ring (bicyclic) bond motifs is 1. The van der Waals surface area contributed by atoms with E-state index < -0.39 is 0 Å². The Hall–Kier alpha value is -2.49. The first-order valence-corrected chi connectivity index (χ1v) is 5.24. The zero-order valence-corrected chi connectivity index (χ0v) is 8.96. The minimum absolute atomic E-state index is 0.117. The lowest BCUT2D eigenvalue weighted by atomic mass is 10.3. The maximum atomic E-state index is 7.43. The Morgan fingerprint density at radius 1 is 1.00 bits per heavy atom. The SMILES string of the molecule is [2H]c1cnc2ccc(Nc3ccccc3)nc2n1. The van der Waals surface area contributed by atoms with Crippen LogP contribution in [0, 0.1) is 0 Å². The number of pyridine rings is 1. The summed E-state index contributed by atoms with van der Waals surface area (Å²) in [6.45, 7) is 0. The molecule has 4 heteroatoms. The number of anilines is 2. The molecule has 2 heterocycles. The minimum atomic E-state index is 0.117. The van der Waals surface area contributed by atoms with Gasteiger partial charge in [0.05, 0.1) is 1.37 Å². The van der Waals surface area contributed by atoms with Crippen LogP contribution in [-0.4, -0.2) is 15.0 Å². The molecule has 17 heavy (non-hydrogen) atoms. The van der Waals surface area contributed by atoms with Crippen LogP contribution in [0.4, 0.5) is 11.5 Å². The maximum absolute atomic E-state index is 7.43. The largest absolute Gasteiger partial charge is 0.340 e. The molecule has 1 aromatic carbocycles. The normalized spacial score (nSPS) is 11.2. The fourth-order valence-corrected chi connectivity index (χ4v) is 1.55. The average molecular weight is 223 g/mol. The second kappa shape index (κ2) is 4.17. The standard InChI is InChI=1S/C13H10N4/c1-2-4-10(5-3-1)16-12-7-6-11-13(17-12)15-9-8-14-11/h1-9H,(H,15,16,17)/i9D. The molecule has 4 nitrogen and oxygen atoms in total. The summed E-state index contributed by atoms with van der Waals surface area (Å²) in [5, 5.41) is 3.18. The van der Waals surface area contributed by atoms with Gasteiger partial charge in [-0.05, 0) is 24.3 Å². The zero-order chi connectivity index (χ0) is 12.4. The summed E-state index contributed by atoms with van der Waals surface area (Å²) in [7, 11) is 0. The van der Waals surface area contributed by atoms with Crippen LogP contribution < -0.4 is 5.32 Å². The molecule has 0 aliphatic heterocycles. The third kappa shape index (κ3) is 2.06. The molecule has 0 bridgehead atoms. The van der Waals surface area contributed by atoms with Gasteiger partial charge in [-0.25, -0.2) is 9.97 Å². The molecule has 3 rings (SSSR count). The molecule has 0 aliphatic rings. The van der Waals surface area contributed by atoms with E-state index in [-0.39, 0.29) is 6.17 Å². The molecule has 0 radical (unpaired) electrons. The summed E-state index contributed by atoms with van der Waals surface area (Å²) < 4.78 is 7.43. The highest BCUT2D eigenvalue weighted by molar-refractivity contribution is 5.72. The van der Waals surface area contributed by atoms with Crippen molar-refractivity contribution >= 4 is 22.7 Å². The van der Waals surface area contributed by atoms with Crippen LogP contribution in [0.1, 0.15) is 1.37 Å². The lowest BCUT2D eigenvalue weighted by molar-refractivity contribution is 1.22. The fraction of sp³-hybridized carbons (Fsp3) is 0. The van der Waals surface area contributed by atoms with E-state index in [9.17, 15) is 0 Å². The minimum Gasteiger partial charge on any atom is -0.340 e. The van der Waals surface area contributed by atoms with Gasteiger partial charge < -0.3 is 5.32 Å². The van der Waals surface area contributed by atoms with E-state index in [1.807, 2.05) is 42.5 Å². The number of benzene rings is 1. The van der Waals surface area contributed by atoms with Crippen molar-refractivity contribution < 1.29 is 1.37 Å². The number of nitrogens with zero attached hydrogens (tertiary/aromatic N) is 3. The molecule has 0 saturated carbocycles. The molecule has 0 amide bonds. The lowest BCUT2D eigenvalue weighted by Crippen LogP contribution is -1.94. The first-order chi connectivity index (χ1) is 8.81. The van der Waals surface area contributed by atoms with Gasteiger partial charge >= 0.3 is 0 Å². The second-order valence-corrected chi connectivity index (χ2v) is 3.53. The van der Waals surface area contributed by atoms with E-state index in [0.717, 1.165) is 5.69 Å². The summed E-state index contributed by atoms with van der Waals surface area (Å²) in [5.74, 6) is 0.689. The van der Waals surface area contributed by atoms with Crippen molar-refractivity contribution in [2.75, 3.05) is 5.32 Å². The lowest BCUT2D eigenvalue weighted by Gasteiger charge is -2.05. The Labute approximate surface area is 99.8 Å². The van der Waals surface area contributed by atoms with Crippen molar-refractivity contribution in [1.82, 2.24) is 15.0 Å². The number of para-hydroxylation sites is 1. The van der Waals surface area contributed by atoms with Crippen LogP contribution in [0.2, 0.25) is 0 Å². The van der Waals surface area contributed by atoms with E-state index in [4.69, 9.17) is 1.37 Å². The van der Waals surface area contributed by atoms with Gasteiger partial charge in [0.1, 0.15) is 11.3 Å². The molecule has 0 spiro atoms. The van der Waals surface area contributed by atoms with E-state index in [0.29, 0.717) is 17.0 Å². The predicted octanol–water partition coefficient (Wildman–Crippen LogP) is 2.77. The summed E-state index contributed by atoms with van der Waals surface area (Å²) in [5.41, 5.74) is 2.12. The van der Waals surface area contributed by atoms with Crippen LogP contribution in [0.3, 0.4) is 0 Å². The van der Waals surface area contributed by atoms with Crippen LogP contribution in [0.25, 0.3) is 11.2 Å². The number of aromatic nitrogens is 3. The third-order valence-electron chi connectivity index (χ3n) is 2.33. The predicted molar refractivity (Wildman–Crippen MR) is 67.1 cm³/mol. The van der Waals surface area contributed by atoms with E-state index in [1.165, 1.54) is 6.20 Å². The summed E-state index contributed by atoms with van der Waals surface area (Å²) >= 11 is 0. The summed E-state index contributed by atoms with van der Waals surface area (Å²) in [6, 6.07) is 13.4. The van der Waals surface area contributed by atoms with Crippen molar-refractivity contribution in [3.05, 3.63) is 54.8 Å². The maximum Gasteiger partial charge on any atom is 0.180 e. The third-order valence-corrected chi connectivity index (χ3v) is 2.33. The van der Waals surface area contributed by atoms with Crippen molar-refractivity contribution in [3.63, 3.8) is 0 Å². The van der Waals surface area contributed by atoms with Gasteiger partial charge in [0.25, 0.3) is 0 Å². The Balaban J connectivity index is 1.98.